The maximum Gasteiger partial charge on any atom is 0.407 e. The van der Waals surface area contributed by atoms with E-state index < -0.39 is 11.9 Å². The largest absolute Gasteiger partial charge is 0.445 e. The summed E-state index contributed by atoms with van der Waals surface area (Å²) in [7, 11) is 0. The van der Waals surface area contributed by atoms with Crippen molar-refractivity contribution in [1.82, 2.24) is 10.2 Å². The third kappa shape index (κ3) is 8.98. The summed E-state index contributed by atoms with van der Waals surface area (Å²) in [4.78, 5) is 25.3. The third-order valence-corrected chi connectivity index (χ3v) is 4.86. The van der Waals surface area contributed by atoms with E-state index >= 15 is 0 Å². The van der Waals surface area contributed by atoms with E-state index in [-0.39, 0.29) is 12.7 Å². The highest BCUT2D eigenvalue weighted by atomic mass is 35.5. The van der Waals surface area contributed by atoms with Crippen molar-refractivity contribution in [2.24, 2.45) is 5.73 Å². The number of primary amides is 1. The lowest BCUT2D eigenvalue weighted by Crippen LogP contribution is -2.36. The first-order valence-electron chi connectivity index (χ1n) is 9.76. The van der Waals surface area contributed by atoms with Crippen molar-refractivity contribution >= 4 is 23.8 Å². The van der Waals surface area contributed by atoms with Crippen LogP contribution in [0.3, 0.4) is 0 Å². The maximum absolute atomic E-state index is 11.7. The smallest absolute Gasteiger partial charge is 0.407 e. The Kier molecular flexibility index (Phi) is 10.0. The van der Waals surface area contributed by atoms with Crippen LogP contribution in [0.4, 0.5) is 4.79 Å². The summed E-state index contributed by atoms with van der Waals surface area (Å²) in [5.41, 5.74) is 8.60. The number of alkyl carbamates (subject to hydrolysis) is 1. The zero-order valence-corrected chi connectivity index (χ0v) is 17.2. The molecule has 1 atom stereocenters. The fourth-order valence-corrected chi connectivity index (χ4v) is 3.07. The van der Waals surface area contributed by atoms with Gasteiger partial charge in [0.1, 0.15) is 12.6 Å². The van der Waals surface area contributed by atoms with Crippen LogP contribution in [-0.2, 0) is 29.0 Å². The number of nitrogens with one attached hydrogen (secondary N) is 2. The molecular formula is C22H28ClN3O3. The highest BCUT2D eigenvalue weighted by Crippen LogP contribution is 2.11. The van der Waals surface area contributed by atoms with E-state index in [2.05, 4.69) is 34.4 Å². The SMILES string of the molecule is NC(=O)[C@H](CCc1ccc(CCCCNC(=O)OCc2ccccc2)cc1)NCl. The molecule has 156 valence electrons. The van der Waals surface area contributed by atoms with Crippen molar-refractivity contribution in [3.8, 4) is 0 Å². The Morgan fingerprint density at radius 1 is 0.931 bits per heavy atom. The van der Waals surface area contributed by atoms with Gasteiger partial charge in [0.15, 0.2) is 0 Å². The molecule has 0 saturated carbocycles. The molecular weight excluding hydrogens is 390 g/mol. The molecule has 4 N–H and O–H groups in total. The Morgan fingerprint density at radius 2 is 1.59 bits per heavy atom. The second-order valence-corrected chi connectivity index (χ2v) is 7.08. The molecule has 0 heterocycles. The topological polar surface area (TPSA) is 93.5 Å². The normalized spacial score (nSPS) is 11.6. The second kappa shape index (κ2) is 12.8. The monoisotopic (exact) mass is 417 g/mol. The van der Waals surface area contributed by atoms with Crippen LogP contribution in [0.15, 0.2) is 54.6 Å². The molecule has 7 heteroatoms. The van der Waals surface area contributed by atoms with Crippen LogP contribution < -0.4 is 15.9 Å². The van der Waals surface area contributed by atoms with Gasteiger partial charge in [-0.15, -0.1) is 0 Å². The molecule has 0 saturated heterocycles. The van der Waals surface area contributed by atoms with Gasteiger partial charge in [-0.3, -0.25) is 4.79 Å². The molecule has 29 heavy (non-hydrogen) atoms. The predicted molar refractivity (Wildman–Crippen MR) is 114 cm³/mol. The summed E-state index contributed by atoms with van der Waals surface area (Å²) in [5, 5.41) is 2.77. The predicted octanol–water partition coefficient (Wildman–Crippen LogP) is 3.47. The van der Waals surface area contributed by atoms with Crippen molar-refractivity contribution in [3.63, 3.8) is 0 Å². The van der Waals surface area contributed by atoms with Crippen molar-refractivity contribution in [1.29, 1.82) is 0 Å². The van der Waals surface area contributed by atoms with E-state index in [9.17, 15) is 9.59 Å². The van der Waals surface area contributed by atoms with E-state index in [1.807, 2.05) is 30.3 Å². The van der Waals surface area contributed by atoms with Crippen LogP contribution in [0, 0.1) is 0 Å². The van der Waals surface area contributed by atoms with Gasteiger partial charge in [-0.1, -0.05) is 54.6 Å². The van der Waals surface area contributed by atoms with Crippen LogP contribution in [0.2, 0.25) is 0 Å². The van der Waals surface area contributed by atoms with Crippen molar-refractivity contribution in [2.75, 3.05) is 6.54 Å². The number of ether oxygens (including phenoxy) is 1. The standard InChI is InChI=1S/C22H28ClN3O3/c23-26-20(21(24)27)14-13-18-11-9-17(10-12-18)6-4-5-15-25-22(28)29-16-19-7-2-1-3-8-19/h1-3,7-12,20,26H,4-6,13-16H2,(H2,24,27)(H,25,28)/t20-/m0/s1. The number of carbonyl (C=O) groups is 2. The van der Waals surface area contributed by atoms with Gasteiger partial charge in [-0.05, 0) is 60.6 Å². The average molecular weight is 418 g/mol. The first kappa shape index (κ1) is 22.7. The molecule has 0 bridgehead atoms. The van der Waals surface area contributed by atoms with E-state index in [4.69, 9.17) is 22.2 Å². The number of aryl methyl sites for hydroxylation is 2. The van der Waals surface area contributed by atoms with E-state index in [0.717, 1.165) is 36.8 Å². The van der Waals surface area contributed by atoms with Crippen LogP contribution in [0.5, 0.6) is 0 Å². The number of hydrogen-bond donors (Lipinski definition) is 3. The summed E-state index contributed by atoms with van der Waals surface area (Å²) < 4.78 is 5.18. The minimum Gasteiger partial charge on any atom is -0.445 e. The average Bonchev–Trinajstić information content (AvgIpc) is 2.74. The molecule has 0 aliphatic heterocycles. The number of unbranched alkanes of at least 4 members (excludes halogenated alkanes) is 1. The molecule has 0 aliphatic rings. The van der Waals surface area contributed by atoms with Gasteiger partial charge in [0.05, 0.1) is 0 Å². The number of rotatable bonds is 12. The Bertz CT molecular complexity index is 754. The molecule has 2 aromatic rings. The molecule has 0 aromatic heterocycles. The zero-order chi connectivity index (χ0) is 20.9. The van der Waals surface area contributed by atoms with Crippen molar-refractivity contribution < 1.29 is 14.3 Å². The molecule has 2 amide bonds. The van der Waals surface area contributed by atoms with Crippen molar-refractivity contribution in [3.05, 3.63) is 71.3 Å². The van der Waals surface area contributed by atoms with Crippen LogP contribution >= 0.6 is 11.8 Å². The van der Waals surface area contributed by atoms with Gasteiger partial charge in [0, 0.05) is 6.54 Å². The summed E-state index contributed by atoms with van der Waals surface area (Å²) in [6, 6.07) is 17.4. The van der Waals surface area contributed by atoms with Gasteiger partial charge in [0.2, 0.25) is 5.91 Å². The van der Waals surface area contributed by atoms with E-state index in [1.165, 1.54) is 5.56 Å². The fourth-order valence-electron chi connectivity index (χ4n) is 2.85. The highest BCUT2D eigenvalue weighted by molar-refractivity contribution is 6.15. The molecule has 6 nitrogen and oxygen atoms in total. The van der Waals surface area contributed by atoms with Gasteiger partial charge in [0.25, 0.3) is 0 Å². The first-order chi connectivity index (χ1) is 14.1. The summed E-state index contributed by atoms with van der Waals surface area (Å²) >= 11 is 5.52. The lowest BCUT2D eigenvalue weighted by Gasteiger charge is -2.10. The fraction of sp³-hybridized carbons (Fsp3) is 0.364. The lowest BCUT2D eigenvalue weighted by molar-refractivity contribution is -0.119. The third-order valence-electron chi connectivity index (χ3n) is 4.59. The maximum atomic E-state index is 11.7. The number of halogens is 1. The number of hydrogen-bond acceptors (Lipinski definition) is 4. The van der Waals surface area contributed by atoms with Crippen LogP contribution in [0.1, 0.15) is 36.0 Å². The lowest BCUT2D eigenvalue weighted by atomic mass is 10.0. The molecule has 0 spiro atoms. The summed E-state index contributed by atoms with van der Waals surface area (Å²) in [6.07, 6.45) is 3.68. The molecule has 2 rings (SSSR count). The Hall–Kier alpha value is -2.57. The quantitative estimate of drug-likeness (QED) is 0.364. The minimum absolute atomic E-state index is 0.278. The summed E-state index contributed by atoms with van der Waals surface area (Å²) in [5.74, 6) is -0.450. The molecule has 0 unspecified atom stereocenters. The van der Waals surface area contributed by atoms with Crippen molar-refractivity contribution in [2.45, 2.75) is 44.8 Å². The Labute approximate surface area is 176 Å². The molecule has 0 aliphatic carbocycles. The van der Waals surface area contributed by atoms with Crippen LogP contribution in [0.25, 0.3) is 0 Å². The van der Waals surface area contributed by atoms with Crippen LogP contribution in [-0.4, -0.2) is 24.6 Å². The number of benzene rings is 2. The Morgan fingerprint density at radius 3 is 2.21 bits per heavy atom. The van der Waals surface area contributed by atoms with Gasteiger partial charge in [-0.2, -0.15) is 0 Å². The van der Waals surface area contributed by atoms with Gasteiger partial charge in [-0.25, -0.2) is 9.63 Å². The van der Waals surface area contributed by atoms with E-state index in [1.54, 1.807) is 0 Å². The molecule has 0 radical (unpaired) electrons. The number of amides is 2. The molecule has 2 aromatic carbocycles. The Balaban J connectivity index is 1.58. The summed E-state index contributed by atoms with van der Waals surface area (Å²) in [6.45, 7) is 0.867. The number of nitrogens with two attached hydrogens (primary N) is 1. The second-order valence-electron chi connectivity index (χ2n) is 6.86. The zero-order valence-electron chi connectivity index (χ0n) is 16.4. The van der Waals surface area contributed by atoms with Gasteiger partial charge >= 0.3 is 6.09 Å². The van der Waals surface area contributed by atoms with Gasteiger partial charge < -0.3 is 15.8 Å². The highest BCUT2D eigenvalue weighted by Gasteiger charge is 2.13. The van der Waals surface area contributed by atoms with E-state index in [0.29, 0.717) is 13.0 Å². The molecule has 0 fully saturated rings. The minimum atomic E-state index is -0.525. The first-order valence-corrected chi connectivity index (χ1v) is 10.1. The number of carbonyl (C=O) groups excluding carboxylic acids is 2.